The van der Waals surface area contributed by atoms with Crippen LogP contribution in [0, 0.1) is 11.3 Å². The van der Waals surface area contributed by atoms with E-state index in [-0.39, 0.29) is 34.8 Å². The molecule has 1 atom stereocenters. The Kier molecular flexibility index (Phi) is 5.68. The lowest BCUT2D eigenvalue weighted by Crippen LogP contribution is -2.54. The summed E-state index contributed by atoms with van der Waals surface area (Å²) in [5.74, 6) is -0.355. The number of benzene rings is 1. The molecular weight excluding hydrogens is 340 g/mol. The van der Waals surface area contributed by atoms with E-state index in [4.69, 9.17) is 0 Å². The van der Waals surface area contributed by atoms with Crippen molar-refractivity contribution < 1.29 is 14.4 Å². The summed E-state index contributed by atoms with van der Waals surface area (Å²) in [6.45, 7) is 5.85. The van der Waals surface area contributed by atoms with Gasteiger partial charge < -0.3 is 9.80 Å². The molecule has 1 aromatic rings. The van der Waals surface area contributed by atoms with Gasteiger partial charge in [0.15, 0.2) is 0 Å². The second kappa shape index (κ2) is 7.83. The van der Waals surface area contributed by atoms with E-state index in [0.29, 0.717) is 19.5 Å². The predicted molar refractivity (Wildman–Crippen MR) is 104 cm³/mol. The third-order valence-corrected chi connectivity index (χ3v) is 6.03. The first-order valence-electron chi connectivity index (χ1n) is 9.93. The smallest absolute Gasteiger partial charge is 0.289 e. The van der Waals surface area contributed by atoms with Crippen LogP contribution >= 0.6 is 0 Å². The van der Waals surface area contributed by atoms with Gasteiger partial charge >= 0.3 is 0 Å². The lowest BCUT2D eigenvalue weighted by Gasteiger charge is -2.49. The van der Waals surface area contributed by atoms with Gasteiger partial charge in [-0.3, -0.25) is 14.4 Å². The van der Waals surface area contributed by atoms with Gasteiger partial charge in [-0.15, -0.1) is 0 Å². The lowest BCUT2D eigenvalue weighted by molar-refractivity contribution is -0.148. The molecule has 2 saturated heterocycles. The topological polar surface area (TPSA) is 57.7 Å². The molecule has 2 heterocycles. The van der Waals surface area contributed by atoms with E-state index in [9.17, 15) is 14.4 Å². The number of nitrogens with zero attached hydrogens (tertiary/aromatic N) is 2. The van der Waals surface area contributed by atoms with E-state index in [2.05, 4.69) is 0 Å². The highest BCUT2D eigenvalue weighted by Gasteiger charge is 2.45. The van der Waals surface area contributed by atoms with Gasteiger partial charge in [0.2, 0.25) is 11.7 Å². The molecule has 0 bridgehead atoms. The van der Waals surface area contributed by atoms with E-state index < -0.39 is 0 Å². The Morgan fingerprint density at radius 2 is 1.78 bits per heavy atom. The SMILES string of the molecule is CC(C)CC(=O)C(=O)N1CCC2(CC1)CC(c1ccccc1)C(=O)N(C)C2. The Hall–Kier alpha value is -2.17. The van der Waals surface area contributed by atoms with Crippen LogP contribution in [-0.2, 0) is 14.4 Å². The van der Waals surface area contributed by atoms with E-state index in [1.807, 2.05) is 56.1 Å². The summed E-state index contributed by atoms with van der Waals surface area (Å²) < 4.78 is 0. The van der Waals surface area contributed by atoms with Gasteiger partial charge in [-0.1, -0.05) is 44.2 Å². The van der Waals surface area contributed by atoms with Crippen LogP contribution in [0.2, 0.25) is 0 Å². The van der Waals surface area contributed by atoms with Gasteiger partial charge in [0.25, 0.3) is 5.91 Å². The third-order valence-electron chi connectivity index (χ3n) is 6.03. The molecule has 3 rings (SSSR count). The van der Waals surface area contributed by atoms with E-state index >= 15 is 0 Å². The molecule has 2 aliphatic heterocycles. The van der Waals surface area contributed by atoms with Crippen molar-refractivity contribution in [1.29, 1.82) is 0 Å². The first kappa shape index (κ1) is 19.6. The molecule has 0 aromatic heterocycles. The molecule has 0 saturated carbocycles. The average Bonchev–Trinajstić information content (AvgIpc) is 2.65. The predicted octanol–water partition coefficient (Wildman–Crippen LogP) is 2.86. The maximum Gasteiger partial charge on any atom is 0.289 e. The number of hydrogen-bond acceptors (Lipinski definition) is 3. The van der Waals surface area contributed by atoms with Crippen LogP contribution in [0.15, 0.2) is 30.3 Å². The zero-order chi connectivity index (χ0) is 19.6. The van der Waals surface area contributed by atoms with Crippen LogP contribution in [0.3, 0.4) is 0 Å². The van der Waals surface area contributed by atoms with Crippen LogP contribution in [0.1, 0.15) is 51.0 Å². The van der Waals surface area contributed by atoms with Gasteiger partial charge in [-0.2, -0.15) is 0 Å². The van der Waals surface area contributed by atoms with E-state index in [1.54, 1.807) is 4.90 Å². The number of Topliss-reactive ketones (excluding diaryl/α,β-unsaturated/α-hetero) is 1. The number of hydrogen-bond donors (Lipinski definition) is 0. The summed E-state index contributed by atoms with van der Waals surface area (Å²) in [5.41, 5.74) is 1.10. The molecule has 5 nitrogen and oxygen atoms in total. The van der Waals surface area contributed by atoms with Gasteiger partial charge in [0.1, 0.15) is 0 Å². The number of likely N-dealkylation sites (tertiary alicyclic amines) is 2. The normalized spacial score (nSPS) is 22.4. The number of amides is 2. The maximum atomic E-state index is 12.7. The van der Waals surface area contributed by atoms with E-state index in [0.717, 1.165) is 31.4 Å². The highest BCUT2D eigenvalue weighted by molar-refractivity contribution is 6.36. The van der Waals surface area contributed by atoms with Gasteiger partial charge in [-0.05, 0) is 36.2 Å². The Labute approximate surface area is 161 Å². The van der Waals surface area contributed by atoms with Crippen molar-refractivity contribution in [3.63, 3.8) is 0 Å². The largest absolute Gasteiger partial charge is 0.345 e. The molecule has 2 fully saturated rings. The number of piperidine rings is 2. The van der Waals surface area contributed by atoms with E-state index in [1.165, 1.54) is 0 Å². The number of ketones is 1. The molecule has 0 aliphatic carbocycles. The number of likely N-dealkylation sites (N-methyl/N-ethyl adjacent to an activating group) is 1. The van der Waals surface area contributed by atoms with Crippen molar-refractivity contribution in [2.24, 2.45) is 11.3 Å². The van der Waals surface area contributed by atoms with Crippen molar-refractivity contribution in [3.05, 3.63) is 35.9 Å². The highest BCUT2D eigenvalue weighted by Crippen LogP contribution is 2.45. The molecule has 5 heteroatoms. The lowest BCUT2D eigenvalue weighted by atomic mass is 9.67. The minimum atomic E-state index is -0.335. The second-order valence-electron chi connectivity index (χ2n) is 8.68. The zero-order valence-corrected chi connectivity index (χ0v) is 16.6. The average molecular weight is 370 g/mol. The molecule has 1 unspecified atom stereocenters. The van der Waals surface area contributed by atoms with Crippen molar-refractivity contribution in [2.45, 2.75) is 45.4 Å². The Balaban J connectivity index is 1.68. The molecule has 1 aromatic carbocycles. The van der Waals surface area contributed by atoms with Crippen molar-refractivity contribution in [2.75, 3.05) is 26.7 Å². The molecule has 1 spiro atoms. The molecule has 146 valence electrons. The molecule has 2 amide bonds. The Morgan fingerprint density at radius 3 is 2.37 bits per heavy atom. The summed E-state index contributed by atoms with van der Waals surface area (Å²) in [5, 5.41) is 0. The monoisotopic (exact) mass is 370 g/mol. The fourth-order valence-electron chi connectivity index (χ4n) is 4.56. The summed E-state index contributed by atoms with van der Waals surface area (Å²) in [6, 6.07) is 9.98. The van der Waals surface area contributed by atoms with Gasteiger partial charge in [-0.25, -0.2) is 0 Å². The standard InChI is InChI=1S/C22H30N2O3/c1-16(2)13-19(25)21(27)24-11-9-22(10-12-24)14-18(20(26)23(3)15-22)17-7-5-4-6-8-17/h4-8,16,18H,9-15H2,1-3H3. The first-order chi connectivity index (χ1) is 12.8. The quantitative estimate of drug-likeness (QED) is 0.766. The third kappa shape index (κ3) is 4.23. The minimum absolute atomic E-state index is 0.0288. The van der Waals surface area contributed by atoms with Crippen LogP contribution in [0.4, 0.5) is 0 Å². The van der Waals surface area contributed by atoms with Crippen molar-refractivity contribution >= 4 is 17.6 Å². The summed E-state index contributed by atoms with van der Waals surface area (Å²) in [6.07, 6.45) is 2.82. The fraction of sp³-hybridized carbons (Fsp3) is 0.591. The summed E-state index contributed by atoms with van der Waals surface area (Å²) in [4.78, 5) is 40.8. The number of carbonyl (C=O) groups is 3. The molecule has 0 N–H and O–H groups in total. The van der Waals surface area contributed by atoms with Crippen LogP contribution in [0.5, 0.6) is 0 Å². The minimum Gasteiger partial charge on any atom is -0.345 e. The first-order valence-corrected chi connectivity index (χ1v) is 9.93. The van der Waals surface area contributed by atoms with Gasteiger partial charge in [0.05, 0.1) is 5.92 Å². The Bertz CT molecular complexity index is 706. The molecule has 0 radical (unpaired) electrons. The molecule has 2 aliphatic rings. The van der Waals surface area contributed by atoms with Crippen LogP contribution in [-0.4, -0.2) is 54.1 Å². The van der Waals surface area contributed by atoms with Crippen LogP contribution < -0.4 is 0 Å². The van der Waals surface area contributed by atoms with Gasteiger partial charge in [0, 0.05) is 33.1 Å². The summed E-state index contributed by atoms with van der Waals surface area (Å²) in [7, 11) is 1.88. The molecule has 27 heavy (non-hydrogen) atoms. The van der Waals surface area contributed by atoms with Crippen LogP contribution in [0.25, 0.3) is 0 Å². The number of carbonyl (C=O) groups excluding carboxylic acids is 3. The Morgan fingerprint density at radius 1 is 1.15 bits per heavy atom. The molecular formula is C22H30N2O3. The maximum absolute atomic E-state index is 12.7. The highest BCUT2D eigenvalue weighted by atomic mass is 16.2. The number of rotatable bonds is 4. The summed E-state index contributed by atoms with van der Waals surface area (Å²) >= 11 is 0. The van der Waals surface area contributed by atoms with Crippen molar-refractivity contribution in [1.82, 2.24) is 9.80 Å². The van der Waals surface area contributed by atoms with Crippen molar-refractivity contribution in [3.8, 4) is 0 Å². The second-order valence-corrected chi connectivity index (χ2v) is 8.68. The fourth-order valence-corrected chi connectivity index (χ4v) is 4.56. The zero-order valence-electron chi connectivity index (χ0n) is 16.6.